The van der Waals surface area contributed by atoms with Crippen molar-refractivity contribution in [2.45, 2.75) is 17.2 Å². The largest absolute Gasteiger partial charge is 0.481 e. The highest BCUT2D eigenvalue weighted by Crippen LogP contribution is 2.15. The first-order chi connectivity index (χ1) is 9.83. The van der Waals surface area contributed by atoms with Crippen LogP contribution >= 0.6 is 23.1 Å². The Balaban J connectivity index is 2.36. The van der Waals surface area contributed by atoms with Gasteiger partial charge in [-0.05, 0) is 18.4 Å². The van der Waals surface area contributed by atoms with Gasteiger partial charge in [0.1, 0.15) is 4.21 Å². The van der Waals surface area contributed by atoms with Crippen LogP contribution in [-0.2, 0) is 19.6 Å². The van der Waals surface area contributed by atoms with Crippen LogP contribution in [0.2, 0.25) is 0 Å². The minimum Gasteiger partial charge on any atom is -0.481 e. The molecule has 7 nitrogen and oxygen atoms in total. The van der Waals surface area contributed by atoms with Gasteiger partial charge in [0.25, 0.3) is 10.0 Å². The SMILES string of the molecule is CC(NS(=O)(=O)c1cccs1)C(=O)NCCSCC(=O)O. The van der Waals surface area contributed by atoms with E-state index >= 15 is 0 Å². The van der Waals surface area contributed by atoms with E-state index in [4.69, 9.17) is 5.11 Å². The fraction of sp³-hybridized carbons (Fsp3) is 0.455. The summed E-state index contributed by atoms with van der Waals surface area (Å²) in [4.78, 5) is 22.0. The molecule has 118 valence electrons. The molecule has 0 spiro atoms. The maximum absolute atomic E-state index is 11.9. The van der Waals surface area contributed by atoms with E-state index in [-0.39, 0.29) is 16.5 Å². The highest BCUT2D eigenvalue weighted by atomic mass is 32.2. The second kappa shape index (κ2) is 8.37. The zero-order valence-corrected chi connectivity index (χ0v) is 13.7. The van der Waals surface area contributed by atoms with Crippen molar-refractivity contribution in [2.75, 3.05) is 18.1 Å². The Hall–Kier alpha value is -1.10. The van der Waals surface area contributed by atoms with Crippen LogP contribution in [0, 0.1) is 0 Å². The third-order valence-electron chi connectivity index (χ3n) is 2.26. The molecule has 0 aliphatic heterocycles. The molecule has 1 amide bonds. The maximum atomic E-state index is 11.9. The van der Waals surface area contributed by atoms with Crippen LogP contribution in [0.3, 0.4) is 0 Å². The van der Waals surface area contributed by atoms with Gasteiger partial charge in [-0.1, -0.05) is 6.07 Å². The number of sulfonamides is 1. The molecule has 1 rings (SSSR count). The summed E-state index contributed by atoms with van der Waals surface area (Å²) >= 11 is 2.24. The number of nitrogens with one attached hydrogen (secondary N) is 2. The van der Waals surface area contributed by atoms with Crippen LogP contribution in [0.1, 0.15) is 6.92 Å². The van der Waals surface area contributed by atoms with Crippen LogP contribution in [0.5, 0.6) is 0 Å². The number of rotatable bonds is 9. The molecule has 0 bridgehead atoms. The first-order valence-corrected chi connectivity index (χ1v) is 9.48. The summed E-state index contributed by atoms with van der Waals surface area (Å²) in [5.74, 6) is -0.951. The fourth-order valence-electron chi connectivity index (χ4n) is 1.32. The van der Waals surface area contributed by atoms with Crippen molar-refractivity contribution < 1.29 is 23.1 Å². The van der Waals surface area contributed by atoms with E-state index in [1.165, 1.54) is 24.8 Å². The molecule has 21 heavy (non-hydrogen) atoms. The number of thioether (sulfide) groups is 1. The molecule has 0 saturated carbocycles. The van der Waals surface area contributed by atoms with E-state index in [2.05, 4.69) is 10.0 Å². The summed E-state index contributed by atoms with van der Waals surface area (Å²) in [6.07, 6.45) is 0. The molecule has 3 N–H and O–H groups in total. The average molecular weight is 352 g/mol. The van der Waals surface area contributed by atoms with Crippen molar-refractivity contribution in [3.05, 3.63) is 17.5 Å². The number of hydrogen-bond donors (Lipinski definition) is 3. The van der Waals surface area contributed by atoms with Crippen LogP contribution < -0.4 is 10.0 Å². The van der Waals surface area contributed by atoms with Crippen LogP contribution in [0.4, 0.5) is 0 Å². The van der Waals surface area contributed by atoms with Crippen molar-refractivity contribution in [2.24, 2.45) is 0 Å². The van der Waals surface area contributed by atoms with Crippen LogP contribution in [0.15, 0.2) is 21.7 Å². The van der Waals surface area contributed by atoms with E-state index in [1.54, 1.807) is 11.4 Å². The number of aliphatic carboxylic acids is 1. The minimum atomic E-state index is -3.68. The molecule has 0 aliphatic rings. The number of amides is 1. The third-order valence-corrected chi connectivity index (χ3v) is 6.14. The van der Waals surface area contributed by atoms with Gasteiger partial charge in [0.15, 0.2) is 0 Å². The highest BCUT2D eigenvalue weighted by molar-refractivity contribution is 7.99. The lowest BCUT2D eigenvalue weighted by Gasteiger charge is -2.13. The smallest absolute Gasteiger partial charge is 0.313 e. The van der Waals surface area contributed by atoms with Gasteiger partial charge in [-0.2, -0.15) is 4.72 Å². The normalized spacial score (nSPS) is 12.8. The van der Waals surface area contributed by atoms with Gasteiger partial charge < -0.3 is 10.4 Å². The number of carboxylic acid groups (broad SMARTS) is 1. The molecule has 0 aromatic carbocycles. The number of carboxylic acids is 1. The average Bonchev–Trinajstić information content (AvgIpc) is 2.91. The van der Waals surface area contributed by atoms with Crippen molar-refractivity contribution in [1.29, 1.82) is 0 Å². The summed E-state index contributed by atoms with van der Waals surface area (Å²) in [5, 5.41) is 12.6. The van der Waals surface area contributed by atoms with Crippen LogP contribution in [0.25, 0.3) is 0 Å². The molecular weight excluding hydrogens is 336 g/mol. The number of hydrogen-bond acceptors (Lipinski definition) is 6. The van der Waals surface area contributed by atoms with Gasteiger partial charge in [0.05, 0.1) is 11.8 Å². The van der Waals surface area contributed by atoms with Crippen molar-refractivity contribution in [1.82, 2.24) is 10.0 Å². The van der Waals surface area contributed by atoms with Crippen molar-refractivity contribution >= 4 is 45.0 Å². The number of thiophene rings is 1. The predicted molar refractivity (Wildman–Crippen MR) is 82.1 cm³/mol. The summed E-state index contributed by atoms with van der Waals surface area (Å²) < 4.78 is 26.3. The van der Waals surface area contributed by atoms with Crippen molar-refractivity contribution in [3.8, 4) is 0 Å². The Morgan fingerprint density at radius 1 is 1.48 bits per heavy atom. The summed E-state index contributed by atoms with van der Waals surface area (Å²) in [5.41, 5.74) is 0. The predicted octanol–water partition coefficient (Wildman–Crippen LogP) is 0.349. The topological polar surface area (TPSA) is 113 Å². The Morgan fingerprint density at radius 3 is 2.76 bits per heavy atom. The van der Waals surface area contributed by atoms with Crippen LogP contribution in [-0.4, -0.2) is 49.5 Å². The third kappa shape index (κ3) is 6.46. The molecule has 1 aromatic rings. The Bertz CT molecular complexity index is 571. The quantitative estimate of drug-likeness (QED) is 0.553. The summed E-state index contributed by atoms with van der Waals surface area (Å²) in [7, 11) is -3.68. The zero-order valence-electron chi connectivity index (χ0n) is 11.2. The molecule has 10 heteroatoms. The lowest BCUT2D eigenvalue weighted by molar-refractivity contribution is -0.133. The second-order valence-corrected chi connectivity index (χ2v) is 8.01. The minimum absolute atomic E-state index is 0.0313. The molecule has 1 heterocycles. The maximum Gasteiger partial charge on any atom is 0.313 e. The van der Waals surface area contributed by atoms with E-state index in [0.29, 0.717) is 5.75 Å². The van der Waals surface area contributed by atoms with E-state index in [9.17, 15) is 18.0 Å². The standard InChI is InChI=1S/C11H16N2O5S3/c1-8(11(16)12-4-6-19-7-9(14)15)13-21(17,18)10-3-2-5-20-10/h2-3,5,8,13H,4,6-7H2,1H3,(H,12,16)(H,14,15). The molecular formula is C11H16N2O5S3. The lowest BCUT2D eigenvalue weighted by Crippen LogP contribution is -2.45. The number of carbonyl (C=O) groups excluding carboxylic acids is 1. The first-order valence-electron chi connectivity index (χ1n) is 5.96. The van der Waals surface area contributed by atoms with Gasteiger partial charge >= 0.3 is 5.97 Å². The lowest BCUT2D eigenvalue weighted by atomic mass is 10.3. The molecule has 0 radical (unpaired) electrons. The monoisotopic (exact) mass is 352 g/mol. The number of carbonyl (C=O) groups is 2. The van der Waals surface area contributed by atoms with E-state index in [0.717, 1.165) is 11.3 Å². The van der Waals surface area contributed by atoms with Gasteiger partial charge in [0.2, 0.25) is 5.91 Å². The Labute approximate surface area is 131 Å². The first kappa shape index (κ1) is 18.0. The van der Waals surface area contributed by atoms with Crippen molar-refractivity contribution in [3.63, 3.8) is 0 Å². The van der Waals surface area contributed by atoms with Gasteiger partial charge in [0, 0.05) is 12.3 Å². The molecule has 1 unspecified atom stereocenters. The molecule has 1 aromatic heterocycles. The fourth-order valence-corrected chi connectivity index (χ4v) is 4.10. The Kier molecular flexibility index (Phi) is 7.15. The second-order valence-electron chi connectivity index (χ2n) is 4.01. The van der Waals surface area contributed by atoms with Gasteiger partial charge in [-0.15, -0.1) is 23.1 Å². The molecule has 1 atom stereocenters. The molecule has 0 fully saturated rings. The Morgan fingerprint density at radius 2 is 2.19 bits per heavy atom. The van der Waals surface area contributed by atoms with E-state index < -0.39 is 27.9 Å². The highest BCUT2D eigenvalue weighted by Gasteiger charge is 2.22. The summed E-state index contributed by atoms with van der Waals surface area (Å²) in [6, 6.07) is 2.17. The zero-order chi connectivity index (χ0) is 15.9. The molecule has 0 aliphatic carbocycles. The van der Waals surface area contributed by atoms with Gasteiger partial charge in [-0.3, -0.25) is 9.59 Å². The van der Waals surface area contributed by atoms with E-state index in [1.807, 2.05) is 0 Å². The van der Waals surface area contributed by atoms with Gasteiger partial charge in [-0.25, -0.2) is 8.42 Å². The molecule has 0 saturated heterocycles. The summed E-state index contributed by atoms with van der Waals surface area (Å²) in [6.45, 7) is 1.73.